The molecule has 4 rings (SSSR count). The van der Waals surface area contributed by atoms with Crippen molar-refractivity contribution in [2.75, 3.05) is 26.2 Å². The molecule has 0 atom stereocenters. The van der Waals surface area contributed by atoms with E-state index in [1.807, 2.05) is 30.2 Å². The predicted octanol–water partition coefficient (Wildman–Crippen LogP) is 2.66. The number of likely N-dealkylation sites (tertiary alicyclic amines) is 2. The second-order valence-electron chi connectivity index (χ2n) is 8.11. The molecule has 0 aliphatic carbocycles. The van der Waals surface area contributed by atoms with E-state index in [-0.39, 0.29) is 12.0 Å². The lowest BCUT2D eigenvalue weighted by Crippen LogP contribution is -2.50. The molecule has 0 bridgehead atoms. The van der Waals surface area contributed by atoms with Gasteiger partial charge in [-0.3, -0.25) is 9.69 Å². The fourth-order valence-electron chi connectivity index (χ4n) is 4.22. The number of aryl methyl sites for hydroxylation is 2. The molecule has 2 saturated heterocycles. The maximum absolute atomic E-state index is 12.7. The Kier molecular flexibility index (Phi) is 8.45. The normalized spacial score (nSPS) is 17.8. The van der Waals surface area contributed by atoms with Crippen LogP contribution in [0.1, 0.15) is 47.6 Å². The molecular weight excluding hydrogens is 450 g/mol. The number of aliphatic carboxylic acids is 2. The molecule has 2 aliphatic rings. The number of carbonyl (C=O) groups is 3. The molecule has 0 spiro atoms. The SMILES string of the molecule is Cc1cc(C(=O)N2CCC(N3CCC(Oc4nccs4)CC3)CC2)c(C)o1.O=C(O)C(=O)O. The molecule has 33 heavy (non-hydrogen) atoms. The fraction of sp³-hybridized carbons (Fsp3) is 0.545. The summed E-state index contributed by atoms with van der Waals surface area (Å²) < 4.78 is 11.5. The van der Waals surface area contributed by atoms with E-state index in [2.05, 4.69) is 9.88 Å². The summed E-state index contributed by atoms with van der Waals surface area (Å²) in [6, 6.07) is 2.43. The number of rotatable bonds is 4. The van der Waals surface area contributed by atoms with E-state index >= 15 is 0 Å². The Hall–Kier alpha value is -2.92. The van der Waals surface area contributed by atoms with Gasteiger partial charge in [-0.15, -0.1) is 0 Å². The summed E-state index contributed by atoms with van der Waals surface area (Å²) in [6.45, 7) is 7.53. The monoisotopic (exact) mass is 479 g/mol. The van der Waals surface area contributed by atoms with E-state index in [1.54, 1.807) is 17.5 Å². The molecular formula is C22H29N3O7S. The zero-order valence-corrected chi connectivity index (χ0v) is 19.5. The molecule has 1 amide bonds. The third kappa shape index (κ3) is 6.78. The minimum Gasteiger partial charge on any atom is -0.473 e. The topological polar surface area (TPSA) is 133 Å². The average molecular weight is 480 g/mol. The minimum absolute atomic E-state index is 0.110. The van der Waals surface area contributed by atoms with Gasteiger partial charge in [0.1, 0.15) is 17.6 Å². The Morgan fingerprint density at radius 1 is 1.06 bits per heavy atom. The largest absolute Gasteiger partial charge is 0.473 e. The zero-order valence-electron chi connectivity index (χ0n) is 18.7. The number of carboxylic acid groups (broad SMARTS) is 2. The van der Waals surface area contributed by atoms with E-state index in [1.165, 1.54) is 0 Å². The number of hydrogen-bond acceptors (Lipinski definition) is 8. The first-order chi connectivity index (χ1) is 15.7. The number of carboxylic acids is 2. The molecule has 0 saturated carbocycles. The van der Waals surface area contributed by atoms with Crippen LogP contribution in [0.15, 0.2) is 22.1 Å². The van der Waals surface area contributed by atoms with Crippen LogP contribution >= 0.6 is 11.3 Å². The van der Waals surface area contributed by atoms with Crippen LogP contribution in [0.4, 0.5) is 0 Å². The number of aromatic nitrogens is 1. The van der Waals surface area contributed by atoms with E-state index in [9.17, 15) is 4.79 Å². The molecule has 0 aromatic carbocycles. The smallest absolute Gasteiger partial charge is 0.414 e. The van der Waals surface area contributed by atoms with Crippen LogP contribution in [-0.4, -0.2) is 81.2 Å². The van der Waals surface area contributed by atoms with Gasteiger partial charge >= 0.3 is 11.9 Å². The fourth-order valence-corrected chi connectivity index (χ4v) is 4.77. The summed E-state index contributed by atoms with van der Waals surface area (Å²) in [6.07, 6.45) is 6.25. The molecule has 180 valence electrons. The van der Waals surface area contributed by atoms with Crippen LogP contribution < -0.4 is 4.74 Å². The van der Waals surface area contributed by atoms with Crippen molar-refractivity contribution in [3.8, 4) is 5.19 Å². The summed E-state index contributed by atoms with van der Waals surface area (Å²) >= 11 is 1.56. The van der Waals surface area contributed by atoms with Gasteiger partial charge in [-0.25, -0.2) is 14.6 Å². The highest BCUT2D eigenvalue weighted by molar-refractivity contribution is 7.11. The van der Waals surface area contributed by atoms with E-state index in [0.29, 0.717) is 11.6 Å². The van der Waals surface area contributed by atoms with Crippen LogP contribution in [0.2, 0.25) is 0 Å². The summed E-state index contributed by atoms with van der Waals surface area (Å²) in [4.78, 5) is 39.7. The number of furan rings is 1. The Balaban J connectivity index is 0.000000454. The first kappa shape index (κ1) is 24.7. The number of hydrogen-bond donors (Lipinski definition) is 2. The molecule has 0 radical (unpaired) electrons. The van der Waals surface area contributed by atoms with Crippen molar-refractivity contribution in [3.63, 3.8) is 0 Å². The summed E-state index contributed by atoms with van der Waals surface area (Å²) in [5.74, 6) is -2.01. The van der Waals surface area contributed by atoms with Gasteiger partial charge in [-0.2, -0.15) is 0 Å². The molecule has 2 fully saturated rings. The van der Waals surface area contributed by atoms with Crippen LogP contribution in [0.5, 0.6) is 5.19 Å². The van der Waals surface area contributed by atoms with Gasteiger partial charge in [0.05, 0.1) is 5.56 Å². The van der Waals surface area contributed by atoms with Crippen molar-refractivity contribution in [2.24, 2.45) is 0 Å². The third-order valence-electron chi connectivity index (χ3n) is 5.88. The van der Waals surface area contributed by atoms with Crippen LogP contribution in [-0.2, 0) is 9.59 Å². The summed E-state index contributed by atoms with van der Waals surface area (Å²) in [5, 5.41) is 17.5. The van der Waals surface area contributed by atoms with Crippen molar-refractivity contribution in [2.45, 2.75) is 51.7 Å². The summed E-state index contributed by atoms with van der Waals surface area (Å²) in [5.41, 5.74) is 0.714. The van der Waals surface area contributed by atoms with E-state index < -0.39 is 11.9 Å². The molecule has 11 heteroatoms. The first-order valence-corrected chi connectivity index (χ1v) is 11.7. The Morgan fingerprint density at radius 2 is 1.70 bits per heavy atom. The van der Waals surface area contributed by atoms with Crippen molar-refractivity contribution < 1.29 is 33.8 Å². The number of piperidine rings is 2. The summed E-state index contributed by atoms with van der Waals surface area (Å²) in [7, 11) is 0. The zero-order chi connectivity index (χ0) is 24.0. The van der Waals surface area contributed by atoms with Gasteiger partial charge < -0.3 is 24.3 Å². The van der Waals surface area contributed by atoms with Crippen molar-refractivity contribution in [1.29, 1.82) is 0 Å². The lowest BCUT2D eigenvalue weighted by atomic mass is 9.98. The van der Waals surface area contributed by atoms with E-state index in [4.69, 9.17) is 29.0 Å². The first-order valence-electron chi connectivity index (χ1n) is 10.9. The third-order valence-corrected chi connectivity index (χ3v) is 6.54. The van der Waals surface area contributed by atoms with Gasteiger partial charge in [-0.05, 0) is 45.6 Å². The van der Waals surface area contributed by atoms with Crippen molar-refractivity contribution in [1.82, 2.24) is 14.8 Å². The molecule has 2 aliphatic heterocycles. The van der Waals surface area contributed by atoms with Crippen LogP contribution in [0.25, 0.3) is 0 Å². The lowest BCUT2D eigenvalue weighted by Gasteiger charge is -2.41. The Bertz CT molecular complexity index is 931. The second kappa shape index (κ2) is 11.3. The number of ether oxygens (including phenoxy) is 1. The highest BCUT2D eigenvalue weighted by atomic mass is 32.1. The van der Waals surface area contributed by atoms with E-state index in [0.717, 1.165) is 68.6 Å². The van der Waals surface area contributed by atoms with Gasteiger partial charge in [0.15, 0.2) is 0 Å². The molecule has 0 unspecified atom stereocenters. The number of amides is 1. The van der Waals surface area contributed by atoms with Crippen LogP contribution in [0, 0.1) is 13.8 Å². The Labute approximate surface area is 195 Å². The molecule has 2 N–H and O–H groups in total. The second-order valence-corrected chi connectivity index (χ2v) is 8.97. The minimum atomic E-state index is -1.82. The van der Waals surface area contributed by atoms with Gasteiger partial charge in [0, 0.05) is 43.8 Å². The van der Waals surface area contributed by atoms with Crippen LogP contribution in [0.3, 0.4) is 0 Å². The van der Waals surface area contributed by atoms with Gasteiger partial charge in [-0.1, -0.05) is 11.3 Å². The highest BCUT2D eigenvalue weighted by Gasteiger charge is 2.31. The lowest BCUT2D eigenvalue weighted by molar-refractivity contribution is -0.159. The van der Waals surface area contributed by atoms with Crippen molar-refractivity contribution in [3.05, 3.63) is 34.7 Å². The highest BCUT2D eigenvalue weighted by Crippen LogP contribution is 2.26. The van der Waals surface area contributed by atoms with Crippen molar-refractivity contribution >= 4 is 29.2 Å². The van der Waals surface area contributed by atoms with Gasteiger partial charge in [0.2, 0.25) is 0 Å². The average Bonchev–Trinajstić information content (AvgIpc) is 3.43. The number of thiazole rings is 1. The Morgan fingerprint density at radius 3 is 2.18 bits per heavy atom. The maximum atomic E-state index is 12.7. The quantitative estimate of drug-likeness (QED) is 0.635. The maximum Gasteiger partial charge on any atom is 0.414 e. The molecule has 2 aromatic heterocycles. The molecule has 4 heterocycles. The molecule has 10 nitrogen and oxygen atoms in total. The number of carbonyl (C=O) groups excluding carboxylic acids is 1. The van der Waals surface area contributed by atoms with Gasteiger partial charge in [0.25, 0.3) is 11.1 Å². The standard InChI is InChI=1S/C20H27N3O3S.C2H2O4/c1-14-13-18(15(2)25-14)19(24)23-8-3-16(4-9-23)22-10-5-17(6-11-22)26-20-21-7-12-27-20;3-1(4)2(5)6/h7,12-13,16-17H,3-6,8-11H2,1-2H3;(H,3,4)(H,5,6). The number of nitrogens with zero attached hydrogens (tertiary/aromatic N) is 3. The molecule has 2 aromatic rings. The predicted molar refractivity (Wildman–Crippen MR) is 120 cm³/mol.